The summed E-state index contributed by atoms with van der Waals surface area (Å²) in [6.07, 6.45) is -0.651. The molecule has 0 aromatic rings. The van der Waals surface area contributed by atoms with E-state index >= 15 is 0 Å². The Hall–Kier alpha value is -0.600. The van der Waals surface area contributed by atoms with E-state index in [9.17, 15) is 17.6 Å². The maximum atomic E-state index is 13.3. The molecule has 8 nitrogen and oxygen atoms in total. The summed E-state index contributed by atoms with van der Waals surface area (Å²) in [5, 5.41) is 36.2. The van der Waals surface area contributed by atoms with E-state index in [0.29, 0.717) is 50.1 Å². The van der Waals surface area contributed by atoms with E-state index in [1.807, 2.05) is 27.7 Å². The van der Waals surface area contributed by atoms with Crippen molar-refractivity contribution in [1.29, 1.82) is 0 Å². The Bertz CT molecular complexity index is 1420. The molecule has 16 atom stereocenters. The highest BCUT2D eigenvalue weighted by Gasteiger charge is 2.37. The van der Waals surface area contributed by atoms with Crippen LogP contribution in [0.4, 0.5) is 17.6 Å². The molecule has 576 valence electrons. The molecule has 0 fully saturated rings. The van der Waals surface area contributed by atoms with Gasteiger partial charge in [0, 0.05) is 0 Å². The normalized spacial score (nSPS) is 18.3. The SMILES string of the molecule is C.C[C@@H](C(C)(C)C)C(C)(C)F.C[C@@H](C(C)(C)C)C(C)(C)F.C[C@@H](O)CO[C@H](C)[C@H](C)C(C)(C)C.C[C@H](C(C)(C)C)C(C)(C)F.C[C@H](C(C)(C)C)C(C)(C)F.C[C@H](O)CO[C@@H](C)[C@@H](C)C(C)(C)C.C[C@H](O)CO[C@H](C)[C@H](C)C(C)(C)C.C[C@H](OC[C@@H](C)O)[C@@H](C)C(C)(C)C. The summed E-state index contributed by atoms with van der Waals surface area (Å²) >= 11 is 0. The molecule has 0 aliphatic heterocycles. The van der Waals surface area contributed by atoms with Crippen molar-refractivity contribution in [2.45, 2.75) is 411 Å². The predicted molar refractivity (Wildman–Crippen MR) is 405 cm³/mol. The van der Waals surface area contributed by atoms with Crippen LogP contribution in [0.15, 0.2) is 0 Å². The second-order valence-corrected chi connectivity index (χ2v) is 38.8. The third kappa shape index (κ3) is 63.3. The lowest BCUT2D eigenvalue weighted by atomic mass is 9.74. The number of aliphatic hydroxyl groups excluding tert-OH is 4. The van der Waals surface area contributed by atoms with Gasteiger partial charge in [0.15, 0.2) is 0 Å². The molecule has 0 spiro atoms. The number of hydrogen-bond donors (Lipinski definition) is 4. The van der Waals surface area contributed by atoms with E-state index in [1.54, 1.807) is 83.1 Å². The topological polar surface area (TPSA) is 118 Å². The van der Waals surface area contributed by atoms with Crippen LogP contribution in [0.3, 0.4) is 0 Å². The molecule has 0 radical (unpaired) electrons. The fourth-order valence-corrected chi connectivity index (χ4v) is 8.68. The Balaban J connectivity index is -0.000000124. The number of hydrogen-bond acceptors (Lipinski definition) is 8. The van der Waals surface area contributed by atoms with Crippen LogP contribution in [0.2, 0.25) is 0 Å². The number of halogens is 4. The van der Waals surface area contributed by atoms with Crippen LogP contribution < -0.4 is 0 Å². The van der Waals surface area contributed by atoms with Gasteiger partial charge in [0.1, 0.15) is 22.7 Å². The van der Waals surface area contributed by atoms with Crippen LogP contribution in [0.1, 0.15) is 340 Å². The second-order valence-electron chi connectivity index (χ2n) is 38.8. The quantitative estimate of drug-likeness (QED) is 0.0891. The van der Waals surface area contributed by atoms with Gasteiger partial charge in [-0.3, -0.25) is 0 Å². The van der Waals surface area contributed by atoms with Gasteiger partial charge in [-0.2, -0.15) is 0 Å². The highest BCUT2D eigenvalue weighted by molar-refractivity contribution is 4.86. The van der Waals surface area contributed by atoms with Crippen LogP contribution in [-0.4, -0.2) is 118 Å². The number of rotatable bonds is 20. The van der Waals surface area contributed by atoms with Gasteiger partial charge in [-0.05, 0) is 201 Å². The molecule has 0 aromatic carbocycles. The summed E-state index contributed by atoms with van der Waals surface area (Å²) < 4.78 is 75.3. The van der Waals surface area contributed by atoms with Gasteiger partial charge in [0.2, 0.25) is 0 Å². The monoisotopic (exact) mass is 1350 g/mol. The molecule has 0 aliphatic rings. The van der Waals surface area contributed by atoms with Crippen molar-refractivity contribution in [3.63, 3.8) is 0 Å². The van der Waals surface area contributed by atoms with Crippen LogP contribution >= 0.6 is 0 Å². The highest BCUT2D eigenvalue weighted by Crippen LogP contribution is 2.40. The summed E-state index contributed by atoms with van der Waals surface area (Å²) in [6, 6.07) is 0. The third-order valence-electron chi connectivity index (χ3n) is 20.0. The first kappa shape index (κ1) is 111. The molecule has 0 rings (SSSR count). The van der Waals surface area contributed by atoms with Gasteiger partial charge in [0.25, 0.3) is 0 Å². The van der Waals surface area contributed by atoms with Crippen molar-refractivity contribution in [3.05, 3.63) is 0 Å². The van der Waals surface area contributed by atoms with Gasteiger partial charge in [0.05, 0.1) is 75.3 Å². The van der Waals surface area contributed by atoms with Gasteiger partial charge >= 0.3 is 0 Å². The van der Waals surface area contributed by atoms with E-state index < -0.39 is 22.7 Å². The summed E-state index contributed by atoms with van der Waals surface area (Å²) in [7, 11) is 0. The zero-order chi connectivity index (χ0) is 76.9. The molecule has 0 amide bonds. The third-order valence-corrected chi connectivity index (χ3v) is 20.0. The lowest BCUT2D eigenvalue weighted by molar-refractivity contribution is -0.0398. The molecular formula is C81H176F4O8. The van der Waals surface area contributed by atoms with Gasteiger partial charge < -0.3 is 39.4 Å². The minimum Gasteiger partial charge on any atom is -0.391 e. The molecule has 0 bridgehead atoms. The zero-order valence-corrected chi connectivity index (χ0v) is 71.0. The van der Waals surface area contributed by atoms with Gasteiger partial charge in [-0.25, -0.2) is 17.6 Å². The molecule has 0 saturated heterocycles. The van der Waals surface area contributed by atoms with Crippen molar-refractivity contribution in [2.24, 2.45) is 90.7 Å². The number of ether oxygens (including phenoxy) is 4. The average molecular weight is 1350 g/mol. The van der Waals surface area contributed by atoms with Gasteiger partial charge in [-0.1, -0.05) is 229 Å². The van der Waals surface area contributed by atoms with Crippen molar-refractivity contribution in [3.8, 4) is 0 Å². The second kappa shape index (κ2) is 46.0. The first-order valence-electron chi connectivity index (χ1n) is 35.6. The summed E-state index contributed by atoms with van der Waals surface area (Å²) in [5.41, 5.74) is -2.91. The Labute approximate surface area is 582 Å². The molecule has 0 unspecified atom stereocenters. The van der Waals surface area contributed by atoms with E-state index in [-0.39, 0.29) is 123 Å². The maximum absolute atomic E-state index is 13.3. The molecule has 12 heteroatoms. The van der Waals surface area contributed by atoms with Crippen molar-refractivity contribution in [1.82, 2.24) is 0 Å². The molecule has 4 N–H and O–H groups in total. The Morgan fingerprint density at radius 3 is 0.355 bits per heavy atom. The summed E-state index contributed by atoms with van der Waals surface area (Å²) in [4.78, 5) is 0. The largest absolute Gasteiger partial charge is 0.391 e. The van der Waals surface area contributed by atoms with E-state index in [4.69, 9.17) is 39.4 Å². The lowest BCUT2D eigenvalue weighted by Gasteiger charge is -2.34. The lowest BCUT2D eigenvalue weighted by Crippen LogP contribution is -2.33. The van der Waals surface area contributed by atoms with Crippen molar-refractivity contribution >= 4 is 0 Å². The smallest absolute Gasteiger partial charge is 0.108 e. The Morgan fingerprint density at radius 2 is 0.312 bits per heavy atom. The standard InChI is InChI=1S/4C11H24O2.4C9H19F.CH4/c4*1-8(12)7-13-10(3)9(2)11(4,5)6;4*1-7(8(2,3)4)9(5,6)10;/h4*8-10,12H,7H2,1-6H3;4*7H,1-6H3;1H4/t2*8-,9+,10-;2*8-,9-,10+;4*7-;/m10101100./s1. The van der Waals surface area contributed by atoms with Crippen LogP contribution in [0.25, 0.3) is 0 Å². The molecule has 0 saturated carbocycles. The molecule has 0 aromatic heterocycles. The molecular weight excluding hydrogens is 1180 g/mol. The van der Waals surface area contributed by atoms with Crippen LogP contribution in [-0.2, 0) is 18.9 Å². The van der Waals surface area contributed by atoms with E-state index in [0.717, 1.165) is 0 Å². The van der Waals surface area contributed by atoms with Crippen molar-refractivity contribution < 1.29 is 56.9 Å². The predicted octanol–water partition coefficient (Wildman–Crippen LogP) is 24.1. The van der Waals surface area contributed by atoms with Gasteiger partial charge in [-0.15, -0.1) is 0 Å². The van der Waals surface area contributed by atoms with E-state index in [2.05, 4.69) is 222 Å². The first-order valence-corrected chi connectivity index (χ1v) is 35.6. The maximum Gasteiger partial charge on any atom is 0.108 e. The minimum absolute atomic E-state index is 0. The minimum atomic E-state index is -1.06. The Morgan fingerprint density at radius 1 is 0.215 bits per heavy atom. The average Bonchev–Trinajstić information content (AvgIpc) is 1.65. The van der Waals surface area contributed by atoms with Crippen LogP contribution in [0, 0.1) is 90.7 Å². The molecule has 0 aliphatic carbocycles. The number of aliphatic hydroxyl groups is 4. The van der Waals surface area contributed by atoms with Crippen LogP contribution in [0.5, 0.6) is 0 Å². The summed E-state index contributed by atoms with van der Waals surface area (Å²) in [6.45, 7) is 98.0. The fourth-order valence-electron chi connectivity index (χ4n) is 8.68. The zero-order valence-electron chi connectivity index (χ0n) is 71.0. The highest BCUT2D eigenvalue weighted by atomic mass is 19.2. The van der Waals surface area contributed by atoms with Crippen molar-refractivity contribution in [2.75, 3.05) is 26.4 Å². The summed E-state index contributed by atoms with van der Waals surface area (Å²) in [5.74, 6) is 2.36. The van der Waals surface area contributed by atoms with E-state index in [1.165, 1.54) is 0 Å². The molecule has 0 heterocycles. The fraction of sp³-hybridized carbons (Fsp3) is 1.00. The Kier molecular flexibility index (Phi) is 54.9. The number of alkyl halides is 4. The first-order chi connectivity index (χ1) is 39.6. The molecule has 93 heavy (non-hydrogen) atoms.